The standard InChI is InChI=1S/C13H14O5/c1-16-10-4-3-8(6-11(10)17-2)5-9-7-12(14)18-13(9)15/h3-4,6,9H,5,7H2,1-2H3/t9-/m1/s1. The van der Waals surface area contributed by atoms with Crippen molar-refractivity contribution in [3.63, 3.8) is 0 Å². The second-order valence-corrected chi connectivity index (χ2v) is 4.09. The maximum absolute atomic E-state index is 11.4. The SMILES string of the molecule is COc1ccc(C[C@@H]2CC(=O)OC2=O)cc1OC. The van der Waals surface area contributed by atoms with E-state index in [-0.39, 0.29) is 6.42 Å². The molecule has 1 fully saturated rings. The van der Waals surface area contributed by atoms with Crippen LogP contribution in [0.4, 0.5) is 0 Å². The summed E-state index contributed by atoms with van der Waals surface area (Å²) in [7, 11) is 3.11. The van der Waals surface area contributed by atoms with Gasteiger partial charge in [0.05, 0.1) is 26.6 Å². The van der Waals surface area contributed by atoms with Gasteiger partial charge < -0.3 is 14.2 Å². The molecule has 96 valence electrons. The molecule has 1 saturated heterocycles. The molecular weight excluding hydrogens is 236 g/mol. The first kappa shape index (κ1) is 12.4. The van der Waals surface area contributed by atoms with Crippen LogP contribution in [-0.4, -0.2) is 26.2 Å². The van der Waals surface area contributed by atoms with E-state index in [1.165, 1.54) is 0 Å². The maximum Gasteiger partial charge on any atom is 0.317 e. The third-order valence-corrected chi connectivity index (χ3v) is 2.89. The Bertz CT molecular complexity index is 480. The van der Waals surface area contributed by atoms with Crippen LogP contribution in [0.25, 0.3) is 0 Å². The lowest BCUT2D eigenvalue weighted by atomic mass is 9.98. The average molecular weight is 250 g/mol. The molecule has 0 amide bonds. The van der Waals surface area contributed by atoms with Crippen LogP contribution in [-0.2, 0) is 20.7 Å². The molecule has 0 unspecified atom stereocenters. The summed E-state index contributed by atoms with van der Waals surface area (Å²) in [5, 5.41) is 0. The first-order valence-corrected chi connectivity index (χ1v) is 5.59. The monoisotopic (exact) mass is 250 g/mol. The Labute approximate surface area is 105 Å². The molecular formula is C13H14O5. The Morgan fingerprint density at radius 3 is 2.50 bits per heavy atom. The maximum atomic E-state index is 11.4. The molecule has 0 N–H and O–H groups in total. The summed E-state index contributed by atoms with van der Waals surface area (Å²) in [6, 6.07) is 5.42. The van der Waals surface area contributed by atoms with Crippen LogP contribution in [0.15, 0.2) is 18.2 Å². The van der Waals surface area contributed by atoms with Crippen molar-refractivity contribution < 1.29 is 23.8 Å². The van der Waals surface area contributed by atoms with E-state index in [4.69, 9.17) is 9.47 Å². The Kier molecular flexibility index (Phi) is 3.50. The molecule has 1 aliphatic rings. The summed E-state index contributed by atoms with van der Waals surface area (Å²) in [5.74, 6) is -0.0603. The zero-order chi connectivity index (χ0) is 13.1. The molecule has 2 rings (SSSR count). The molecule has 0 bridgehead atoms. The van der Waals surface area contributed by atoms with Gasteiger partial charge in [-0.25, -0.2) is 0 Å². The van der Waals surface area contributed by atoms with Gasteiger partial charge in [-0.05, 0) is 24.1 Å². The predicted molar refractivity (Wildman–Crippen MR) is 62.5 cm³/mol. The molecule has 1 aliphatic heterocycles. The summed E-state index contributed by atoms with van der Waals surface area (Å²) in [5.41, 5.74) is 0.907. The number of hydrogen-bond donors (Lipinski definition) is 0. The lowest BCUT2D eigenvalue weighted by Crippen LogP contribution is -2.10. The van der Waals surface area contributed by atoms with E-state index in [0.717, 1.165) is 5.56 Å². The molecule has 0 radical (unpaired) electrons. The first-order chi connectivity index (χ1) is 8.63. The van der Waals surface area contributed by atoms with Crippen molar-refractivity contribution in [2.75, 3.05) is 14.2 Å². The molecule has 1 aromatic rings. The second-order valence-electron chi connectivity index (χ2n) is 4.09. The number of rotatable bonds is 4. The van der Waals surface area contributed by atoms with Crippen LogP contribution < -0.4 is 9.47 Å². The number of methoxy groups -OCH3 is 2. The van der Waals surface area contributed by atoms with Crippen molar-refractivity contribution >= 4 is 11.9 Å². The molecule has 0 aliphatic carbocycles. The van der Waals surface area contributed by atoms with E-state index in [1.54, 1.807) is 26.4 Å². The molecule has 1 heterocycles. The zero-order valence-corrected chi connectivity index (χ0v) is 10.3. The van der Waals surface area contributed by atoms with Gasteiger partial charge in [-0.2, -0.15) is 0 Å². The normalized spacial score (nSPS) is 18.7. The van der Waals surface area contributed by atoms with Gasteiger partial charge in [-0.3, -0.25) is 9.59 Å². The molecule has 0 aromatic heterocycles. The van der Waals surface area contributed by atoms with Crippen LogP contribution >= 0.6 is 0 Å². The number of cyclic esters (lactones) is 2. The van der Waals surface area contributed by atoms with Crippen molar-refractivity contribution in [3.05, 3.63) is 23.8 Å². The van der Waals surface area contributed by atoms with Gasteiger partial charge in [-0.15, -0.1) is 0 Å². The third kappa shape index (κ3) is 2.45. The molecule has 1 atom stereocenters. The van der Waals surface area contributed by atoms with Gasteiger partial charge in [0.2, 0.25) is 0 Å². The Hall–Kier alpha value is -2.04. The van der Waals surface area contributed by atoms with Crippen molar-refractivity contribution in [2.45, 2.75) is 12.8 Å². The van der Waals surface area contributed by atoms with E-state index < -0.39 is 17.9 Å². The number of hydrogen-bond acceptors (Lipinski definition) is 5. The van der Waals surface area contributed by atoms with Crippen LogP contribution in [0.3, 0.4) is 0 Å². The highest BCUT2D eigenvalue weighted by Gasteiger charge is 2.33. The average Bonchev–Trinajstić information content (AvgIpc) is 2.67. The zero-order valence-electron chi connectivity index (χ0n) is 10.3. The first-order valence-electron chi connectivity index (χ1n) is 5.59. The summed E-state index contributed by atoms with van der Waals surface area (Å²) in [4.78, 5) is 22.4. The molecule has 18 heavy (non-hydrogen) atoms. The van der Waals surface area contributed by atoms with Gasteiger partial charge in [0.1, 0.15) is 0 Å². The summed E-state index contributed by atoms with van der Waals surface area (Å²) in [6.45, 7) is 0. The fourth-order valence-corrected chi connectivity index (χ4v) is 1.97. The smallest absolute Gasteiger partial charge is 0.317 e. The van der Waals surface area contributed by atoms with Crippen molar-refractivity contribution in [3.8, 4) is 11.5 Å². The Morgan fingerprint density at radius 1 is 1.22 bits per heavy atom. The van der Waals surface area contributed by atoms with E-state index in [1.807, 2.05) is 6.07 Å². The van der Waals surface area contributed by atoms with Crippen LogP contribution in [0.2, 0.25) is 0 Å². The Morgan fingerprint density at radius 2 is 1.94 bits per heavy atom. The largest absolute Gasteiger partial charge is 0.493 e. The fraction of sp³-hybridized carbons (Fsp3) is 0.385. The van der Waals surface area contributed by atoms with Crippen LogP contribution in [0, 0.1) is 5.92 Å². The molecule has 0 saturated carbocycles. The number of ether oxygens (including phenoxy) is 3. The second kappa shape index (κ2) is 5.08. The van der Waals surface area contributed by atoms with Gasteiger partial charge in [0.25, 0.3) is 0 Å². The van der Waals surface area contributed by atoms with Crippen LogP contribution in [0.1, 0.15) is 12.0 Å². The van der Waals surface area contributed by atoms with Crippen LogP contribution in [0.5, 0.6) is 11.5 Å². The van der Waals surface area contributed by atoms with E-state index in [2.05, 4.69) is 4.74 Å². The minimum atomic E-state index is -0.453. The van der Waals surface area contributed by atoms with Crippen molar-refractivity contribution in [1.82, 2.24) is 0 Å². The molecule has 0 spiro atoms. The van der Waals surface area contributed by atoms with Crippen molar-refractivity contribution in [1.29, 1.82) is 0 Å². The van der Waals surface area contributed by atoms with Gasteiger partial charge in [0.15, 0.2) is 11.5 Å². The van der Waals surface area contributed by atoms with E-state index in [9.17, 15) is 9.59 Å². The highest BCUT2D eigenvalue weighted by Crippen LogP contribution is 2.29. The van der Waals surface area contributed by atoms with E-state index >= 15 is 0 Å². The number of carbonyl (C=O) groups excluding carboxylic acids is 2. The van der Waals surface area contributed by atoms with Crippen molar-refractivity contribution in [2.24, 2.45) is 5.92 Å². The Balaban J connectivity index is 2.14. The minimum absolute atomic E-state index is 0.146. The summed E-state index contributed by atoms with van der Waals surface area (Å²) < 4.78 is 14.8. The highest BCUT2D eigenvalue weighted by molar-refractivity contribution is 5.94. The van der Waals surface area contributed by atoms with Gasteiger partial charge in [0, 0.05) is 0 Å². The lowest BCUT2D eigenvalue weighted by molar-refractivity contribution is -0.153. The summed E-state index contributed by atoms with van der Waals surface area (Å²) >= 11 is 0. The third-order valence-electron chi connectivity index (χ3n) is 2.89. The quantitative estimate of drug-likeness (QED) is 0.596. The molecule has 5 nitrogen and oxygen atoms in total. The summed E-state index contributed by atoms with van der Waals surface area (Å²) in [6.07, 6.45) is 0.609. The van der Waals surface area contributed by atoms with E-state index in [0.29, 0.717) is 17.9 Å². The van der Waals surface area contributed by atoms with Gasteiger partial charge in [-0.1, -0.05) is 6.07 Å². The number of esters is 2. The highest BCUT2D eigenvalue weighted by atomic mass is 16.6. The lowest BCUT2D eigenvalue weighted by Gasteiger charge is -2.10. The topological polar surface area (TPSA) is 61.8 Å². The number of carbonyl (C=O) groups is 2. The number of benzene rings is 1. The molecule has 5 heteroatoms. The van der Waals surface area contributed by atoms with Gasteiger partial charge >= 0.3 is 11.9 Å². The molecule has 1 aromatic carbocycles. The fourth-order valence-electron chi connectivity index (χ4n) is 1.97. The predicted octanol–water partition coefficient (Wildman–Crippen LogP) is 1.34. The minimum Gasteiger partial charge on any atom is -0.493 e.